The van der Waals surface area contributed by atoms with Gasteiger partial charge in [-0.25, -0.2) is 0 Å². The highest BCUT2D eigenvalue weighted by molar-refractivity contribution is 5.76. The van der Waals surface area contributed by atoms with Crippen molar-refractivity contribution in [2.75, 3.05) is 40.3 Å². The van der Waals surface area contributed by atoms with Gasteiger partial charge in [0.15, 0.2) is 0 Å². The van der Waals surface area contributed by atoms with Crippen molar-refractivity contribution in [3.63, 3.8) is 0 Å². The van der Waals surface area contributed by atoms with Crippen LogP contribution in [0.2, 0.25) is 0 Å². The Hall–Kier alpha value is -3.30. The zero-order valence-corrected chi connectivity index (χ0v) is 30.2. The van der Waals surface area contributed by atoms with Crippen LogP contribution in [0.4, 0.5) is 0 Å². The van der Waals surface area contributed by atoms with E-state index >= 15 is 0 Å². The summed E-state index contributed by atoms with van der Waals surface area (Å²) in [4.78, 5) is 21.9. The molecule has 2 atom stereocenters. The molecule has 2 aromatic carbocycles. The second kappa shape index (κ2) is 17.6. The van der Waals surface area contributed by atoms with Crippen molar-refractivity contribution >= 4 is 5.91 Å². The number of nitrogens with zero attached hydrogens (tertiary/aromatic N) is 3. The molecular formula is C41H58N4O4. The van der Waals surface area contributed by atoms with E-state index in [4.69, 9.17) is 9.84 Å². The number of para-hydroxylation sites is 1. The number of pyridine rings is 1. The molecule has 8 nitrogen and oxygen atoms in total. The van der Waals surface area contributed by atoms with Crippen LogP contribution in [0.5, 0.6) is 5.75 Å². The minimum atomic E-state index is -0.672. The summed E-state index contributed by atoms with van der Waals surface area (Å²) in [5, 5.41) is 22.7. The first kappa shape index (κ1) is 37.0. The Morgan fingerprint density at radius 2 is 1.82 bits per heavy atom. The van der Waals surface area contributed by atoms with Crippen molar-refractivity contribution < 1.29 is 19.7 Å². The van der Waals surface area contributed by atoms with E-state index in [2.05, 4.69) is 77.6 Å². The van der Waals surface area contributed by atoms with Gasteiger partial charge in [-0.2, -0.15) is 0 Å². The zero-order chi connectivity index (χ0) is 34.8. The smallest absolute Gasteiger partial charge is 0.222 e. The predicted octanol–water partition coefficient (Wildman–Crippen LogP) is 6.56. The standard InChI is InChI=1S/C41H58N4O4/c1-30(10-9-14-40(48)45(25-24-44(3)4)23-8-7-11-34(47)29-46)32-16-15-31(2)33(26-32)27-43-41(20-21-41)38-28-42-22-19-36(38)37-12-5-6-13-39(37)49-35-17-18-35/h5-6,12-13,15-16,19,22,26,28,30,34-35,43,46-47H,7-11,14,17-18,20-21,23-25,27,29H2,1-4H3. The molecule has 0 aliphatic heterocycles. The molecule has 2 aliphatic carbocycles. The number of aryl methyl sites for hydroxylation is 1. The van der Waals surface area contributed by atoms with Gasteiger partial charge in [0, 0.05) is 56.1 Å². The summed E-state index contributed by atoms with van der Waals surface area (Å²) in [5.74, 6) is 1.52. The van der Waals surface area contributed by atoms with Crippen LogP contribution in [0, 0.1) is 6.92 Å². The molecule has 2 saturated carbocycles. The van der Waals surface area contributed by atoms with E-state index in [0.717, 1.165) is 75.8 Å². The monoisotopic (exact) mass is 670 g/mol. The normalized spacial score (nSPS) is 16.4. The van der Waals surface area contributed by atoms with Gasteiger partial charge in [-0.3, -0.25) is 9.78 Å². The van der Waals surface area contributed by atoms with Crippen molar-refractivity contribution in [2.45, 2.75) is 108 Å². The first-order valence-corrected chi connectivity index (χ1v) is 18.5. The number of benzene rings is 2. The Balaban J connectivity index is 1.17. The minimum Gasteiger partial charge on any atom is -0.490 e. The number of amides is 1. The third-order valence-electron chi connectivity index (χ3n) is 10.3. The molecule has 2 aliphatic rings. The van der Waals surface area contributed by atoms with Gasteiger partial charge >= 0.3 is 0 Å². The predicted molar refractivity (Wildman–Crippen MR) is 197 cm³/mol. The van der Waals surface area contributed by atoms with Gasteiger partial charge in [0.2, 0.25) is 5.91 Å². The van der Waals surface area contributed by atoms with Crippen LogP contribution >= 0.6 is 0 Å². The molecule has 0 spiro atoms. The van der Waals surface area contributed by atoms with Crippen molar-refractivity contribution in [1.29, 1.82) is 0 Å². The maximum absolute atomic E-state index is 13.2. The van der Waals surface area contributed by atoms with Gasteiger partial charge in [0.05, 0.1) is 18.8 Å². The molecule has 0 saturated heterocycles. The number of hydrogen-bond donors (Lipinski definition) is 3. The molecule has 1 heterocycles. The highest BCUT2D eigenvalue weighted by atomic mass is 16.5. The molecule has 2 fully saturated rings. The average Bonchev–Trinajstić information content (AvgIpc) is 4.05. The molecule has 1 aromatic heterocycles. The lowest BCUT2D eigenvalue weighted by molar-refractivity contribution is -0.131. The number of nitrogens with one attached hydrogen (secondary N) is 1. The van der Waals surface area contributed by atoms with Crippen LogP contribution in [0.15, 0.2) is 60.9 Å². The quantitative estimate of drug-likeness (QED) is 0.110. The van der Waals surface area contributed by atoms with Crippen molar-refractivity contribution in [3.8, 4) is 16.9 Å². The highest BCUT2D eigenvalue weighted by Gasteiger charge is 2.46. The average molecular weight is 671 g/mol. The number of ether oxygens (including phenoxy) is 1. The lowest BCUT2D eigenvalue weighted by atomic mass is 9.91. The van der Waals surface area contributed by atoms with E-state index < -0.39 is 6.10 Å². The summed E-state index contributed by atoms with van der Waals surface area (Å²) in [6.07, 6.45) is 12.6. The highest BCUT2D eigenvalue weighted by Crippen LogP contribution is 2.50. The van der Waals surface area contributed by atoms with Crippen molar-refractivity contribution in [1.82, 2.24) is 20.1 Å². The van der Waals surface area contributed by atoms with Gasteiger partial charge < -0.3 is 30.1 Å². The third-order valence-corrected chi connectivity index (χ3v) is 10.3. The summed E-state index contributed by atoms with van der Waals surface area (Å²) >= 11 is 0. The van der Waals surface area contributed by atoms with Crippen LogP contribution in [0.25, 0.3) is 11.1 Å². The number of carbonyl (C=O) groups is 1. The summed E-state index contributed by atoms with van der Waals surface area (Å²) in [7, 11) is 4.05. The van der Waals surface area contributed by atoms with Gasteiger partial charge in [-0.05, 0) is 125 Å². The number of carbonyl (C=O) groups excluding carboxylic acids is 1. The third kappa shape index (κ3) is 10.6. The van der Waals surface area contributed by atoms with Gasteiger partial charge in [-0.1, -0.05) is 43.3 Å². The van der Waals surface area contributed by atoms with Crippen LogP contribution in [0.1, 0.15) is 99.3 Å². The molecule has 49 heavy (non-hydrogen) atoms. The zero-order valence-electron chi connectivity index (χ0n) is 30.2. The van der Waals surface area contributed by atoms with Crippen molar-refractivity contribution in [2.24, 2.45) is 0 Å². The fourth-order valence-electron chi connectivity index (χ4n) is 6.63. The molecule has 0 bridgehead atoms. The number of hydrogen-bond acceptors (Lipinski definition) is 7. The van der Waals surface area contributed by atoms with Gasteiger partial charge in [-0.15, -0.1) is 0 Å². The number of likely N-dealkylation sites (N-methyl/N-ethyl adjacent to an activating group) is 1. The molecule has 0 radical (unpaired) electrons. The van der Waals surface area contributed by atoms with Crippen LogP contribution < -0.4 is 10.1 Å². The first-order valence-electron chi connectivity index (χ1n) is 18.5. The van der Waals surface area contributed by atoms with E-state index in [1.165, 1.54) is 27.8 Å². The molecular weight excluding hydrogens is 612 g/mol. The number of aliphatic hydroxyl groups excluding tert-OH is 2. The molecule has 1 amide bonds. The number of aliphatic hydroxyl groups is 2. The Labute approximate surface area is 293 Å². The summed E-state index contributed by atoms with van der Waals surface area (Å²) < 4.78 is 6.30. The number of aromatic nitrogens is 1. The largest absolute Gasteiger partial charge is 0.490 e. The fraction of sp³-hybridized carbons (Fsp3) is 0.561. The fourth-order valence-corrected chi connectivity index (χ4v) is 6.63. The maximum atomic E-state index is 13.2. The van der Waals surface area contributed by atoms with Gasteiger partial charge in [0.1, 0.15) is 5.75 Å². The molecule has 8 heteroatoms. The Morgan fingerprint density at radius 1 is 1.02 bits per heavy atom. The molecule has 2 unspecified atom stereocenters. The summed E-state index contributed by atoms with van der Waals surface area (Å²) in [6.45, 7) is 7.27. The van der Waals surface area contributed by atoms with E-state index in [1.54, 1.807) is 0 Å². The van der Waals surface area contributed by atoms with Crippen LogP contribution in [0.3, 0.4) is 0 Å². The minimum absolute atomic E-state index is 0.0954. The first-order chi connectivity index (χ1) is 23.7. The molecule has 3 N–H and O–H groups in total. The second-order valence-electron chi connectivity index (χ2n) is 14.7. The van der Waals surface area contributed by atoms with E-state index in [0.29, 0.717) is 38.0 Å². The SMILES string of the molecule is Cc1ccc(C(C)CCCC(=O)N(CCCCC(O)CO)CCN(C)C)cc1CNC1(c2cnccc2-c2ccccc2OC2CC2)CC1. The number of rotatable bonds is 21. The molecule has 3 aromatic rings. The number of unbranched alkanes of at least 4 members (excludes halogenated alkanes) is 1. The maximum Gasteiger partial charge on any atom is 0.222 e. The van der Waals surface area contributed by atoms with E-state index in [9.17, 15) is 9.90 Å². The second-order valence-corrected chi connectivity index (χ2v) is 14.7. The lowest BCUT2D eigenvalue weighted by Crippen LogP contribution is -2.37. The lowest BCUT2D eigenvalue weighted by Gasteiger charge is -2.25. The molecule has 266 valence electrons. The topological polar surface area (TPSA) is 98.2 Å². The van der Waals surface area contributed by atoms with E-state index in [-0.39, 0.29) is 18.1 Å². The molecule has 5 rings (SSSR count). The Kier molecular flexibility index (Phi) is 13.3. The Bertz CT molecular complexity index is 1500. The Morgan fingerprint density at radius 3 is 2.55 bits per heavy atom. The van der Waals surface area contributed by atoms with Crippen molar-refractivity contribution in [3.05, 3.63) is 83.2 Å². The van der Waals surface area contributed by atoms with Gasteiger partial charge in [0.25, 0.3) is 0 Å². The van der Waals surface area contributed by atoms with Crippen LogP contribution in [-0.2, 0) is 16.9 Å². The van der Waals surface area contributed by atoms with Crippen LogP contribution in [-0.4, -0.2) is 83.4 Å². The van der Waals surface area contributed by atoms with E-state index in [1.807, 2.05) is 31.4 Å². The summed E-state index contributed by atoms with van der Waals surface area (Å²) in [6, 6.07) is 17.4. The summed E-state index contributed by atoms with van der Waals surface area (Å²) in [5.41, 5.74) is 7.41.